The highest BCUT2D eigenvalue weighted by Gasteiger charge is 2.07. The first-order chi connectivity index (χ1) is 9.34. The Hall–Kier alpha value is -2.41. The Balaban J connectivity index is 2.15. The summed E-state index contributed by atoms with van der Waals surface area (Å²) in [5, 5.41) is 0. The molecule has 0 aliphatic rings. The predicted octanol–water partition coefficient (Wildman–Crippen LogP) is 4.72. The molecule has 3 rings (SSSR count). The van der Waals surface area contributed by atoms with E-state index in [1.54, 1.807) is 0 Å². The molecule has 0 unspecified atom stereocenters. The van der Waals surface area contributed by atoms with Crippen LogP contribution in [0.4, 0.5) is 0 Å². The monoisotopic (exact) mass is 245 g/mol. The first-order valence-corrected chi connectivity index (χ1v) is 6.42. The number of hydrogen-bond acceptors (Lipinski definition) is 1. The highest BCUT2D eigenvalue weighted by molar-refractivity contribution is 5.80. The standard InChI is InChI=1S/C18H15N/c1-14-9-11-15(12-10-14)17-8-5-13-19-18(17)16-6-3-2-4-7-16/h2-13H,1H3. The van der Waals surface area contributed by atoms with E-state index in [4.69, 9.17) is 0 Å². The van der Waals surface area contributed by atoms with Gasteiger partial charge in [-0.05, 0) is 18.6 Å². The molecule has 0 spiro atoms. The van der Waals surface area contributed by atoms with Crippen LogP contribution in [-0.2, 0) is 0 Å². The van der Waals surface area contributed by atoms with Crippen LogP contribution in [0.1, 0.15) is 5.56 Å². The van der Waals surface area contributed by atoms with Gasteiger partial charge in [-0.3, -0.25) is 4.98 Å². The van der Waals surface area contributed by atoms with Crippen molar-refractivity contribution < 1.29 is 0 Å². The Morgan fingerprint density at radius 2 is 1.42 bits per heavy atom. The van der Waals surface area contributed by atoms with Gasteiger partial charge in [0.2, 0.25) is 0 Å². The zero-order chi connectivity index (χ0) is 13.1. The van der Waals surface area contributed by atoms with Gasteiger partial charge in [-0.2, -0.15) is 0 Å². The van der Waals surface area contributed by atoms with Gasteiger partial charge in [-0.1, -0.05) is 66.2 Å². The number of benzene rings is 2. The van der Waals surface area contributed by atoms with E-state index in [0.717, 1.165) is 11.3 Å². The third kappa shape index (κ3) is 2.41. The van der Waals surface area contributed by atoms with E-state index in [9.17, 15) is 0 Å². The molecule has 1 aromatic heterocycles. The maximum atomic E-state index is 4.55. The summed E-state index contributed by atoms with van der Waals surface area (Å²) in [6.45, 7) is 2.10. The maximum absolute atomic E-state index is 4.55. The van der Waals surface area contributed by atoms with E-state index in [1.807, 2.05) is 30.5 Å². The molecule has 92 valence electrons. The summed E-state index contributed by atoms with van der Waals surface area (Å²) in [6, 6.07) is 23.0. The van der Waals surface area contributed by atoms with Crippen molar-refractivity contribution in [3.63, 3.8) is 0 Å². The fourth-order valence-corrected chi connectivity index (χ4v) is 2.20. The van der Waals surface area contributed by atoms with Crippen LogP contribution in [0.2, 0.25) is 0 Å². The van der Waals surface area contributed by atoms with Crippen molar-refractivity contribution in [3.8, 4) is 22.4 Å². The number of aryl methyl sites for hydroxylation is 1. The van der Waals surface area contributed by atoms with Crippen molar-refractivity contribution >= 4 is 0 Å². The van der Waals surface area contributed by atoms with Gasteiger partial charge in [0, 0.05) is 17.3 Å². The fraction of sp³-hybridized carbons (Fsp3) is 0.0556. The maximum Gasteiger partial charge on any atom is 0.0780 e. The average Bonchev–Trinajstić information content (AvgIpc) is 2.49. The van der Waals surface area contributed by atoms with Crippen LogP contribution < -0.4 is 0 Å². The van der Waals surface area contributed by atoms with Gasteiger partial charge in [0.25, 0.3) is 0 Å². The van der Waals surface area contributed by atoms with Gasteiger partial charge in [-0.15, -0.1) is 0 Å². The molecule has 1 heterocycles. The first kappa shape index (κ1) is 11.7. The summed E-state index contributed by atoms with van der Waals surface area (Å²) < 4.78 is 0. The topological polar surface area (TPSA) is 12.9 Å². The summed E-state index contributed by atoms with van der Waals surface area (Å²) in [5.41, 5.74) is 5.84. The Morgan fingerprint density at radius 1 is 0.684 bits per heavy atom. The molecule has 3 aromatic rings. The quantitative estimate of drug-likeness (QED) is 0.636. The minimum absolute atomic E-state index is 1.03. The number of hydrogen-bond donors (Lipinski definition) is 0. The lowest BCUT2D eigenvalue weighted by Gasteiger charge is -2.09. The van der Waals surface area contributed by atoms with Gasteiger partial charge in [-0.25, -0.2) is 0 Å². The zero-order valence-corrected chi connectivity index (χ0v) is 10.9. The van der Waals surface area contributed by atoms with Crippen molar-refractivity contribution in [3.05, 3.63) is 78.5 Å². The molecular weight excluding hydrogens is 230 g/mol. The Bertz CT molecular complexity index is 670. The third-order valence-corrected chi connectivity index (χ3v) is 3.22. The van der Waals surface area contributed by atoms with Crippen molar-refractivity contribution in [2.75, 3.05) is 0 Å². The molecule has 2 aromatic carbocycles. The van der Waals surface area contributed by atoms with Crippen LogP contribution in [0.3, 0.4) is 0 Å². The SMILES string of the molecule is Cc1ccc(-c2cccnc2-c2ccccc2)cc1. The minimum atomic E-state index is 1.03. The summed E-state index contributed by atoms with van der Waals surface area (Å²) in [5.74, 6) is 0. The van der Waals surface area contributed by atoms with Crippen molar-refractivity contribution in [1.82, 2.24) is 4.98 Å². The molecule has 0 fully saturated rings. The molecule has 0 atom stereocenters. The average molecular weight is 245 g/mol. The lowest BCUT2D eigenvalue weighted by atomic mass is 9.99. The van der Waals surface area contributed by atoms with Gasteiger partial charge in [0.05, 0.1) is 5.69 Å². The second-order valence-corrected chi connectivity index (χ2v) is 4.63. The second-order valence-electron chi connectivity index (χ2n) is 4.63. The van der Waals surface area contributed by atoms with Gasteiger partial charge in [0.1, 0.15) is 0 Å². The molecule has 0 saturated heterocycles. The lowest BCUT2D eigenvalue weighted by molar-refractivity contribution is 1.32. The van der Waals surface area contributed by atoms with E-state index in [1.165, 1.54) is 16.7 Å². The van der Waals surface area contributed by atoms with Crippen LogP contribution in [0.5, 0.6) is 0 Å². The van der Waals surface area contributed by atoms with Crippen LogP contribution in [-0.4, -0.2) is 4.98 Å². The van der Waals surface area contributed by atoms with E-state index in [-0.39, 0.29) is 0 Å². The summed E-state index contributed by atoms with van der Waals surface area (Å²) in [6.07, 6.45) is 1.85. The number of pyridine rings is 1. The summed E-state index contributed by atoms with van der Waals surface area (Å²) in [7, 11) is 0. The normalized spacial score (nSPS) is 10.4. The van der Waals surface area contributed by atoms with E-state index in [0.29, 0.717) is 0 Å². The Morgan fingerprint density at radius 3 is 2.16 bits per heavy atom. The van der Waals surface area contributed by atoms with Crippen molar-refractivity contribution in [1.29, 1.82) is 0 Å². The van der Waals surface area contributed by atoms with Crippen LogP contribution in [0, 0.1) is 6.92 Å². The van der Waals surface area contributed by atoms with Crippen LogP contribution in [0.15, 0.2) is 72.9 Å². The Kier molecular flexibility index (Phi) is 3.11. The Labute approximate surface area is 113 Å². The highest BCUT2D eigenvalue weighted by atomic mass is 14.7. The number of aromatic nitrogens is 1. The molecule has 0 bridgehead atoms. The largest absolute Gasteiger partial charge is 0.256 e. The van der Waals surface area contributed by atoms with E-state index in [2.05, 4.69) is 54.4 Å². The number of nitrogens with zero attached hydrogens (tertiary/aromatic N) is 1. The predicted molar refractivity (Wildman–Crippen MR) is 79.8 cm³/mol. The molecular formula is C18H15N. The molecule has 19 heavy (non-hydrogen) atoms. The molecule has 0 amide bonds. The van der Waals surface area contributed by atoms with Gasteiger partial charge >= 0.3 is 0 Å². The smallest absolute Gasteiger partial charge is 0.0780 e. The summed E-state index contributed by atoms with van der Waals surface area (Å²) in [4.78, 5) is 4.55. The first-order valence-electron chi connectivity index (χ1n) is 6.42. The molecule has 0 aliphatic carbocycles. The zero-order valence-electron chi connectivity index (χ0n) is 10.9. The lowest BCUT2D eigenvalue weighted by Crippen LogP contribution is -1.88. The molecule has 0 aliphatic heterocycles. The van der Waals surface area contributed by atoms with Gasteiger partial charge < -0.3 is 0 Å². The van der Waals surface area contributed by atoms with Crippen molar-refractivity contribution in [2.24, 2.45) is 0 Å². The highest BCUT2D eigenvalue weighted by Crippen LogP contribution is 2.29. The molecule has 0 radical (unpaired) electrons. The second kappa shape index (κ2) is 5.07. The molecule has 0 saturated carbocycles. The van der Waals surface area contributed by atoms with E-state index >= 15 is 0 Å². The van der Waals surface area contributed by atoms with Crippen LogP contribution in [0.25, 0.3) is 22.4 Å². The molecule has 0 N–H and O–H groups in total. The van der Waals surface area contributed by atoms with Crippen LogP contribution >= 0.6 is 0 Å². The third-order valence-electron chi connectivity index (χ3n) is 3.22. The van der Waals surface area contributed by atoms with Crippen molar-refractivity contribution in [2.45, 2.75) is 6.92 Å². The molecule has 1 heteroatoms. The van der Waals surface area contributed by atoms with Gasteiger partial charge in [0.15, 0.2) is 0 Å². The summed E-state index contributed by atoms with van der Waals surface area (Å²) >= 11 is 0. The number of rotatable bonds is 2. The molecule has 1 nitrogen and oxygen atoms in total. The minimum Gasteiger partial charge on any atom is -0.256 e. The van der Waals surface area contributed by atoms with E-state index < -0.39 is 0 Å². The fourth-order valence-electron chi connectivity index (χ4n) is 2.20.